The molecule has 1 aliphatic carbocycles. The van der Waals surface area contributed by atoms with Crippen molar-refractivity contribution in [2.45, 2.75) is 58.5 Å². The van der Waals surface area contributed by atoms with Crippen molar-refractivity contribution in [3.8, 4) is 0 Å². The maximum atomic E-state index is 9.52. The fourth-order valence-corrected chi connectivity index (χ4v) is 2.13. The van der Waals surface area contributed by atoms with Crippen LogP contribution in [-0.4, -0.2) is 10.7 Å². The maximum absolute atomic E-state index is 9.52. The molecule has 1 heteroatoms. The summed E-state index contributed by atoms with van der Waals surface area (Å²) >= 11 is 0. The predicted molar refractivity (Wildman–Crippen MR) is 65.8 cm³/mol. The van der Waals surface area contributed by atoms with Gasteiger partial charge in [-0.05, 0) is 39.5 Å². The second-order valence-corrected chi connectivity index (χ2v) is 5.26. The molecule has 1 aliphatic rings. The molecule has 0 aromatic rings. The van der Waals surface area contributed by atoms with Gasteiger partial charge in [-0.1, -0.05) is 43.1 Å². The van der Waals surface area contributed by atoms with E-state index in [9.17, 15) is 5.11 Å². The van der Waals surface area contributed by atoms with Crippen LogP contribution in [0.2, 0.25) is 0 Å². The van der Waals surface area contributed by atoms with Crippen LogP contribution < -0.4 is 0 Å². The molecule has 0 unspecified atom stereocenters. The van der Waals surface area contributed by atoms with Crippen molar-refractivity contribution in [1.82, 2.24) is 0 Å². The Balaban J connectivity index is 2.47. The first-order valence-electron chi connectivity index (χ1n) is 6.07. The highest BCUT2D eigenvalue weighted by molar-refractivity contribution is 5.15. The smallest absolute Gasteiger partial charge is 0.0774 e. The molecule has 1 N–H and O–H groups in total. The summed E-state index contributed by atoms with van der Waals surface area (Å²) in [5.74, 6) is 0.783. The van der Waals surface area contributed by atoms with E-state index in [4.69, 9.17) is 0 Å². The van der Waals surface area contributed by atoms with Crippen LogP contribution in [-0.2, 0) is 0 Å². The Bertz CT molecular complexity index is 237. The van der Waals surface area contributed by atoms with Gasteiger partial charge in [-0.2, -0.15) is 0 Å². The third-order valence-electron chi connectivity index (χ3n) is 3.11. The van der Waals surface area contributed by atoms with Gasteiger partial charge in [-0.15, -0.1) is 0 Å². The van der Waals surface area contributed by atoms with Crippen LogP contribution in [0.1, 0.15) is 52.9 Å². The van der Waals surface area contributed by atoms with Crippen molar-refractivity contribution < 1.29 is 5.11 Å². The molecule has 0 spiro atoms. The van der Waals surface area contributed by atoms with E-state index in [2.05, 4.69) is 13.0 Å². The van der Waals surface area contributed by atoms with Crippen molar-refractivity contribution in [3.05, 3.63) is 23.8 Å². The van der Waals surface area contributed by atoms with Gasteiger partial charge in [0, 0.05) is 0 Å². The van der Waals surface area contributed by atoms with E-state index in [1.165, 1.54) is 37.7 Å². The summed E-state index contributed by atoms with van der Waals surface area (Å²) in [5, 5.41) is 9.52. The molecule has 1 fully saturated rings. The zero-order valence-corrected chi connectivity index (χ0v) is 10.3. The summed E-state index contributed by atoms with van der Waals surface area (Å²) in [4.78, 5) is 0. The Hall–Kier alpha value is -0.560. The first-order chi connectivity index (χ1) is 6.99. The zero-order valence-electron chi connectivity index (χ0n) is 10.3. The summed E-state index contributed by atoms with van der Waals surface area (Å²) in [6.45, 7) is 5.81. The van der Waals surface area contributed by atoms with E-state index >= 15 is 0 Å². The van der Waals surface area contributed by atoms with Gasteiger partial charge >= 0.3 is 0 Å². The normalized spacial score (nSPS) is 21.2. The Labute approximate surface area is 93.9 Å². The Kier molecular flexibility index (Phi) is 4.59. The lowest BCUT2D eigenvalue weighted by Crippen LogP contribution is -2.13. The average Bonchev–Trinajstić information content (AvgIpc) is 2.17. The van der Waals surface area contributed by atoms with Crippen molar-refractivity contribution >= 4 is 0 Å². The quantitative estimate of drug-likeness (QED) is 0.699. The summed E-state index contributed by atoms with van der Waals surface area (Å²) < 4.78 is 0. The molecule has 1 saturated carbocycles. The summed E-state index contributed by atoms with van der Waals surface area (Å²) in [6.07, 6.45) is 12.9. The lowest BCUT2D eigenvalue weighted by atomic mass is 9.84. The average molecular weight is 208 g/mol. The number of hydrogen-bond donors (Lipinski definition) is 1. The van der Waals surface area contributed by atoms with Gasteiger partial charge < -0.3 is 5.11 Å². The second kappa shape index (κ2) is 5.50. The maximum Gasteiger partial charge on any atom is 0.0774 e. The Morgan fingerprint density at radius 1 is 1.20 bits per heavy atom. The minimum Gasteiger partial charge on any atom is -0.386 e. The molecule has 0 atom stereocenters. The van der Waals surface area contributed by atoms with Gasteiger partial charge in [0.05, 0.1) is 5.60 Å². The Morgan fingerprint density at radius 2 is 1.80 bits per heavy atom. The van der Waals surface area contributed by atoms with Gasteiger partial charge in [0.25, 0.3) is 0 Å². The highest BCUT2D eigenvalue weighted by atomic mass is 16.3. The van der Waals surface area contributed by atoms with E-state index in [0.29, 0.717) is 0 Å². The monoisotopic (exact) mass is 208 g/mol. The highest BCUT2D eigenvalue weighted by Gasteiger charge is 2.14. The number of rotatable bonds is 3. The number of allylic oxidation sites excluding steroid dienone is 3. The molecule has 0 heterocycles. The molecular formula is C14H24O. The molecule has 0 saturated heterocycles. The predicted octanol–water partition coefficient (Wildman–Crippen LogP) is 3.84. The van der Waals surface area contributed by atoms with Crippen LogP contribution in [0.25, 0.3) is 0 Å². The third-order valence-corrected chi connectivity index (χ3v) is 3.11. The highest BCUT2D eigenvalue weighted by Crippen LogP contribution is 2.29. The van der Waals surface area contributed by atoms with Crippen molar-refractivity contribution in [2.75, 3.05) is 0 Å². The molecule has 1 rings (SSSR count). The summed E-state index contributed by atoms with van der Waals surface area (Å²) in [5.41, 5.74) is 0.777. The fourth-order valence-electron chi connectivity index (χ4n) is 2.13. The van der Waals surface area contributed by atoms with E-state index in [-0.39, 0.29) is 0 Å². The van der Waals surface area contributed by atoms with E-state index in [0.717, 1.165) is 5.92 Å². The molecule has 0 aromatic carbocycles. The molecule has 0 aromatic heterocycles. The molecule has 15 heavy (non-hydrogen) atoms. The van der Waals surface area contributed by atoms with Crippen LogP contribution in [0.4, 0.5) is 0 Å². The van der Waals surface area contributed by atoms with Crippen LogP contribution in [0.15, 0.2) is 23.8 Å². The Morgan fingerprint density at radius 3 is 2.33 bits per heavy atom. The molecule has 0 radical (unpaired) electrons. The number of aliphatic hydroxyl groups is 1. The largest absolute Gasteiger partial charge is 0.386 e. The van der Waals surface area contributed by atoms with Gasteiger partial charge in [-0.3, -0.25) is 0 Å². The molecular weight excluding hydrogens is 184 g/mol. The van der Waals surface area contributed by atoms with Crippen molar-refractivity contribution in [1.29, 1.82) is 0 Å². The van der Waals surface area contributed by atoms with E-state index < -0.39 is 5.60 Å². The molecule has 86 valence electrons. The van der Waals surface area contributed by atoms with E-state index in [1.807, 2.05) is 12.2 Å². The minimum absolute atomic E-state index is 0.691. The zero-order chi connectivity index (χ0) is 11.3. The standard InChI is InChI=1S/C14H24O/c1-12(8-7-11-14(2,3)15)13-9-5-4-6-10-13/h7-8,11,13,15H,4-6,9-10H2,1-3H3/b11-7+,12-8+. The molecule has 0 amide bonds. The van der Waals surface area contributed by atoms with E-state index in [1.54, 1.807) is 13.8 Å². The van der Waals surface area contributed by atoms with Crippen LogP contribution in [0.3, 0.4) is 0 Å². The van der Waals surface area contributed by atoms with Crippen LogP contribution in [0, 0.1) is 5.92 Å². The van der Waals surface area contributed by atoms with Crippen molar-refractivity contribution in [2.24, 2.45) is 5.92 Å². The topological polar surface area (TPSA) is 20.2 Å². The van der Waals surface area contributed by atoms with Crippen molar-refractivity contribution in [3.63, 3.8) is 0 Å². The summed E-state index contributed by atoms with van der Waals surface area (Å²) in [6, 6.07) is 0. The number of hydrogen-bond acceptors (Lipinski definition) is 1. The van der Waals surface area contributed by atoms with Crippen LogP contribution in [0.5, 0.6) is 0 Å². The van der Waals surface area contributed by atoms with Gasteiger partial charge in [0.1, 0.15) is 0 Å². The first kappa shape index (κ1) is 12.5. The lowest BCUT2D eigenvalue weighted by molar-refractivity contribution is 0.133. The van der Waals surface area contributed by atoms with Gasteiger partial charge in [-0.25, -0.2) is 0 Å². The molecule has 0 aliphatic heterocycles. The minimum atomic E-state index is -0.691. The second-order valence-electron chi connectivity index (χ2n) is 5.26. The van der Waals surface area contributed by atoms with Gasteiger partial charge in [0.15, 0.2) is 0 Å². The summed E-state index contributed by atoms with van der Waals surface area (Å²) in [7, 11) is 0. The van der Waals surface area contributed by atoms with Gasteiger partial charge in [0.2, 0.25) is 0 Å². The third kappa shape index (κ3) is 5.17. The van der Waals surface area contributed by atoms with Crippen LogP contribution >= 0.6 is 0 Å². The molecule has 0 bridgehead atoms. The SMILES string of the molecule is C/C(=C\C=C\C(C)(C)O)C1CCCCC1. The molecule has 1 nitrogen and oxygen atoms in total. The fraction of sp³-hybridized carbons (Fsp3) is 0.714. The first-order valence-corrected chi connectivity index (χ1v) is 6.07. The lowest BCUT2D eigenvalue weighted by Gasteiger charge is -2.22.